The van der Waals surface area contributed by atoms with Crippen molar-refractivity contribution in [2.24, 2.45) is 0 Å². The molecule has 0 bridgehead atoms. The number of carboxylic acid groups (broad SMARTS) is 1. The van der Waals surface area contributed by atoms with E-state index >= 15 is 0 Å². The van der Waals surface area contributed by atoms with Crippen molar-refractivity contribution in [2.45, 2.75) is 45.0 Å². The fraction of sp³-hybridized carbons (Fsp3) is 0.500. The van der Waals surface area contributed by atoms with Gasteiger partial charge in [-0.15, -0.1) is 0 Å². The van der Waals surface area contributed by atoms with E-state index in [1.54, 1.807) is 12.1 Å². The highest BCUT2D eigenvalue weighted by Crippen LogP contribution is 2.31. The Morgan fingerprint density at radius 3 is 2.55 bits per heavy atom. The van der Waals surface area contributed by atoms with Crippen LogP contribution in [0.2, 0.25) is 0 Å². The summed E-state index contributed by atoms with van der Waals surface area (Å²) in [5.74, 6) is -0.268. The van der Waals surface area contributed by atoms with Gasteiger partial charge >= 0.3 is 6.16 Å². The van der Waals surface area contributed by atoms with Crippen molar-refractivity contribution in [1.82, 2.24) is 0 Å². The minimum atomic E-state index is -2.25. The first-order chi connectivity index (χ1) is 9.50. The second-order valence-corrected chi connectivity index (χ2v) is 4.48. The summed E-state index contributed by atoms with van der Waals surface area (Å²) in [7, 11) is 0. The van der Waals surface area contributed by atoms with Crippen molar-refractivity contribution in [2.75, 3.05) is 0 Å². The van der Waals surface area contributed by atoms with Crippen molar-refractivity contribution in [3.8, 4) is 11.5 Å². The third kappa shape index (κ3) is 5.86. The highest BCUT2D eigenvalue weighted by molar-refractivity contribution is 5.63. The van der Waals surface area contributed by atoms with Crippen molar-refractivity contribution >= 4 is 6.16 Å². The molecule has 0 aliphatic carbocycles. The maximum atomic E-state index is 11.9. The molecule has 20 heavy (non-hydrogen) atoms. The molecule has 0 aliphatic rings. The lowest BCUT2D eigenvalue weighted by molar-refractivity contribution is 0.133. The Hall–Kier alpha value is -1.85. The number of hydrogen-bond acceptors (Lipinski definition) is 3. The summed E-state index contributed by atoms with van der Waals surface area (Å²) in [6, 6.07) is 4.66. The number of unbranched alkanes of at least 4 members (excludes halogenated alkanes) is 3. The molecule has 0 amide bonds. The van der Waals surface area contributed by atoms with Gasteiger partial charge in [-0.25, -0.2) is 13.6 Å². The predicted octanol–water partition coefficient (Wildman–Crippen LogP) is 4.21. The SMILES string of the molecule is O=C(O)Oc1cccc(CCCCCCC(F)F)c1O. The average Bonchev–Trinajstić information content (AvgIpc) is 2.36. The number of alkyl halides is 2. The normalized spacial score (nSPS) is 10.8. The maximum Gasteiger partial charge on any atom is 0.511 e. The van der Waals surface area contributed by atoms with Gasteiger partial charge in [0.25, 0.3) is 0 Å². The molecule has 0 radical (unpaired) electrons. The maximum absolute atomic E-state index is 11.9. The smallest absolute Gasteiger partial charge is 0.504 e. The number of carbonyl (C=O) groups is 1. The number of phenols is 1. The molecule has 112 valence electrons. The van der Waals surface area contributed by atoms with Crippen LogP contribution >= 0.6 is 0 Å². The third-order valence-corrected chi connectivity index (χ3v) is 2.90. The van der Waals surface area contributed by atoms with Gasteiger partial charge in [0.1, 0.15) is 0 Å². The van der Waals surface area contributed by atoms with Crippen molar-refractivity contribution < 1.29 is 28.5 Å². The summed E-state index contributed by atoms with van der Waals surface area (Å²) in [5, 5.41) is 18.3. The van der Waals surface area contributed by atoms with Crippen LogP contribution in [0.4, 0.5) is 13.6 Å². The number of halogens is 2. The zero-order valence-electron chi connectivity index (χ0n) is 11.0. The number of aryl methyl sites for hydroxylation is 1. The molecule has 6 heteroatoms. The van der Waals surface area contributed by atoms with E-state index < -0.39 is 12.6 Å². The van der Waals surface area contributed by atoms with E-state index in [0.717, 1.165) is 19.3 Å². The highest BCUT2D eigenvalue weighted by atomic mass is 19.3. The zero-order valence-corrected chi connectivity index (χ0v) is 11.0. The van der Waals surface area contributed by atoms with E-state index in [9.17, 15) is 18.7 Å². The molecule has 0 atom stereocenters. The van der Waals surface area contributed by atoms with E-state index in [0.29, 0.717) is 18.4 Å². The molecule has 1 aromatic rings. The van der Waals surface area contributed by atoms with E-state index in [1.165, 1.54) is 6.07 Å². The Bertz CT molecular complexity index is 435. The molecule has 0 aliphatic heterocycles. The van der Waals surface area contributed by atoms with Crippen LogP contribution in [-0.4, -0.2) is 22.8 Å². The van der Waals surface area contributed by atoms with Gasteiger partial charge in [0.15, 0.2) is 11.5 Å². The quantitative estimate of drug-likeness (QED) is 0.427. The van der Waals surface area contributed by atoms with Crippen LogP contribution in [0.5, 0.6) is 11.5 Å². The number of ether oxygens (including phenoxy) is 1. The van der Waals surface area contributed by atoms with Gasteiger partial charge < -0.3 is 14.9 Å². The summed E-state index contributed by atoms with van der Waals surface area (Å²) in [6.45, 7) is 0. The topological polar surface area (TPSA) is 66.8 Å². The molecule has 0 heterocycles. The molecule has 0 aromatic heterocycles. The predicted molar refractivity (Wildman–Crippen MR) is 69.6 cm³/mol. The second kappa shape index (κ2) is 8.35. The summed E-state index contributed by atoms with van der Waals surface area (Å²) < 4.78 is 28.3. The van der Waals surface area contributed by atoms with E-state index in [2.05, 4.69) is 4.74 Å². The van der Waals surface area contributed by atoms with Gasteiger partial charge in [-0.1, -0.05) is 25.0 Å². The molecule has 0 saturated carbocycles. The zero-order chi connectivity index (χ0) is 15.0. The number of rotatable bonds is 8. The monoisotopic (exact) mass is 288 g/mol. The number of hydrogen-bond donors (Lipinski definition) is 2. The standard InChI is InChI=1S/C14H18F2O4/c15-12(16)9-4-2-1-3-6-10-7-5-8-11(13(10)17)20-14(18)19/h5,7-8,12,17H,1-4,6,9H2,(H,18,19). The van der Waals surface area contributed by atoms with Gasteiger partial charge in [-0.3, -0.25) is 0 Å². The fourth-order valence-electron chi connectivity index (χ4n) is 1.91. The Labute approximate surface area is 116 Å². The first-order valence-corrected chi connectivity index (χ1v) is 6.50. The van der Waals surface area contributed by atoms with Gasteiger partial charge in [-0.05, 0) is 30.9 Å². The fourth-order valence-corrected chi connectivity index (χ4v) is 1.91. The lowest BCUT2D eigenvalue weighted by atomic mass is 10.0. The largest absolute Gasteiger partial charge is 0.511 e. The Morgan fingerprint density at radius 2 is 1.90 bits per heavy atom. The van der Waals surface area contributed by atoms with Gasteiger partial charge in [0.05, 0.1) is 0 Å². The lowest BCUT2D eigenvalue weighted by Gasteiger charge is -2.08. The van der Waals surface area contributed by atoms with E-state index in [-0.39, 0.29) is 17.9 Å². The van der Waals surface area contributed by atoms with Crippen molar-refractivity contribution in [3.63, 3.8) is 0 Å². The summed E-state index contributed by atoms with van der Waals surface area (Å²) >= 11 is 0. The molecular weight excluding hydrogens is 270 g/mol. The number of phenolic OH excluding ortho intramolecular Hbond substituents is 1. The van der Waals surface area contributed by atoms with Gasteiger partial charge in [-0.2, -0.15) is 0 Å². The Balaban J connectivity index is 2.38. The Morgan fingerprint density at radius 1 is 1.20 bits per heavy atom. The van der Waals surface area contributed by atoms with Crippen LogP contribution < -0.4 is 4.74 Å². The number of aromatic hydroxyl groups is 1. The molecule has 0 saturated heterocycles. The highest BCUT2D eigenvalue weighted by Gasteiger charge is 2.11. The number of para-hydroxylation sites is 1. The third-order valence-electron chi connectivity index (χ3n) is 2.90. The summed E-state index contributed by atoms with van der Waals surface area (Å²) in [6.07, 6.45) is -0.510. The van der Waals surface area contributed by atoms with Crippen molar-refractivity contribution in [1.29, 1.82) is 0 Å². The van der Waals surface area contributed by atoms with Crippen LogP contribution in [0.1, 0.15) is 37.7 Å². The molecule has 0 spiro atoms. The van der Waals surface area contributed by atoms with Gasteiger partial charge in [0, 0.05) is 6.42 Å². The minimum Gasteiger partial charge on any atom is -0.504 e. The van der Waals surface area contributed by atoms with E-state index in [1.807, 2.05) is 0 Å². The summed E-state index contributed by atoms with van der Waals surface area (Å²) in [5.41, 5.74) is 0.595. The average molecular weight is 288 g/mol. The Kier molecular flexibility index (Phi) is 6.76. The first-order valence-electron chi connectivity index (χ1n) is 6.50. The minimum absolute atomic E-state index is 0.0762. The second-order valence-electron chi connectivity index (χ2n) is 4.48. The molecule has 2 N–H and O–H groups in total. The van der Waals surface area contributed by atoms with E-state index in [4.69, 9.17) is 5.11 Å². The molecule has 1 rings (SSSR count). The first kappa shape index (κ1) is 16.2. The van der Waals surface area contributed by atoms with Crippen LogP contribution in [0.3, 0.4) is 0 Å². The van der Waals surface area contributed by atoms with Crippen LogP contribution in [0.15, 0.2) is 18.2 Å². The van der Waals surface area contributed by atoms with Gasteiger partial charge in [0.2, 0.25) is 6.43 Å². The molecule has 0 unspecified atom stereocenters. The van der Waals surface area contributed by atoms with Crippen LogP contribution in [0, 0.1) is 0 Å². The molecule has 1 aromatic carbocycles. The van der Waals surface area contributed by atoms with Crippen LogP contribution in [-0.2, 0) is 6.42 Å². The van der Waals surface area contributed by atoms with Crippen molar-refractivity contribution in [3.05, 3.63) is 23.8 Å². The molecule has 0 fully saturated rings. The molecule has 4 nitrogen and oxygen atoms in total. The summed E-state index contributed by atoms with van der Waals surface area (Å²) in [4.78, 5) is 10.4. The lowest BCUT2D eigenvalue weighted by Crippen LogP contribution is -2.03. The molecular formula is C14H18F2O4. The van der Waals surface area contributed by atoms with Crippen LogP contribution in [0.25, 0.3) is 0 Å². The number of benzene rings is 1.